The van der Waals surface area contributed by atoms with Crippen molar-refractivity contribution < 1.29 is 0 Å². The molecule has 2 atom stereocenters. The number of aromatic nitrogens is 2. The predicted molar refractivity (Wildman–Crippen MR) is 61.8 cm³/mol. The maximum atomic E-state index is 4.31. The third kappa shape index (κ3) is 2.81. The Balaban J connectivity index is 1.86. The van der Waals surface area contributed by atoms with Crippen molar-refractivity contribution in [2.45, 2.75) is 45.7 Å². The molecule has 0 spiro atoms. The molecule has 1 N–H and O–H groups in total. The second-order valence-corrected chi connectivity index (χ2v) is 4.66. The van der Waals surface area contributed by atoms with Gasteiger partial charge in [0.1, 0.15) is 0 Å². The topological polar surface area (TPSA) is 29.9 Å². The molecule has 0 bridgehead atoms. The molecule has 0 aromatic carbocycles. The number of hydrogen-bond donors (Lipinski definition) is 1. The normalized spacial score (nSPS) is 26.8. The minimum Gasteiger partial charge on any atom is -0.314 e. The van der Waals surface area contributed by atoms with Gasteiger partial charge in [0, 0.05) is 18.8 Å². The number of nitrogens with zero attached hydrogens (tertiary/aromatic N) is 2. The van der Waals surface area contributed by atoms with Crippen molar-refractivity contribution in [2.75, 3.05) is 6.54 Å². The van der Waals surface area contributed by atoms with Crippen molar-refractivity contribution in [1.82, 2.24) is 15.1 Å². The molecule has 1 saturated heterocycles. The van der Waals surface area contributed by atoms with Gasteiger partial charge in [0.25, 0.3) is 0 Å². The number of hydrogen-bond acceptors (Lipinski definition) is 2. The molecule has 84 valence electrons. The zero-order valence-corrected chi connectivity index (χ0v) is 9.74. The predicted octanol–water partition coefficient (Wildman–Crippen LogP) is 1.83. The van der Waals surface area contributed by atoms with E-state index in [1.165, 1.54) is 31.4 Å². The Morgan fingerprint density at radius 2 is 2.40 bits per heavy atom. The highest BCUT2D eigenvalue weighted by molar-refractivity contribution is 5.05. The molecule has 2 heterocycles. The van der Waals surface area contributed by atoms with Gasteiger partial charge in [0.05, 0.1) is 6.20 Å². The van der Waals surface area contributed by atoms with E-state index in [-0.39, 0.29) is 0 Å². The summed E-state index contributed by atoms with van der Waals surface area (Å²) in [4.78, 5) is 0. The number of rotatable bonds is 3. The van der Waals surface area contributed by atoms with Crippen LogP contribution in [0.25, 0.3) is 0 Å². The molecule has 1 fully saturated rings. The van der Waals surface area contributed by atoms with Crippen molar-refractivity contribution in [2.24, 2.45) is 5.92 Å². The third-order valence-electron chi connectivity index (χ3n) is 3.30. The molecular weight excluding hydrogens is 186 g/mol. The molecule has 0 amide bonds. The van der Waals surface area contributed by atoms with Crippen molar-refractivity contribution in [3.05, 3.63) is 18.0 Å². The summed E-state index contributed by atoms with van der Waals surface area (Å²) in [6, 6.07) is 0.708. The van der Waals surface area contributed by atoms with Crippen LogP contribution in [0.1, 0.15) is 32.3 Å². The van der Waals surface area contributed by atoms with Crippen LogP contribution in [0.4, 0.5) is 0 Å². The maximum Gasteiger partial charge on any atom is 0.0521 e. The van der Waals surface area contributed by atoms with Crippen LogP contribution < -0.4 is 5.32 Å². The lowest BCUT2D eigenvalue weighted by Crippen LogP contribution is -2.37. The van der Waals surface area contributed by atoms with Gasteiger partial charge in [0.2, 0.25) is 0 Å². The quantitative estimate of drug-likeness (QED) is 0.819. The Kier molecular flexibility index (Phi) is 3.41. The lowest BCUT2D eigenvalue weighted by Gasteiger charge is -2.27. The molecule has 0 radical (unpaired) electrons. The van der Waals surface area contributed by atoms with E-state index in [0.29, 0.717) is 6.04 Å². The summed E-state index contributed by atoms with van der Waals surface area (Å²) in [5.74, 6) is 0.802. The second kappa shape index (κ2) is 4.79. The molecule has 3 nitrogen and oxygen atoms in total. The van der Waals surface area contributed by atoms with Gasteiger partial charge in [0.15, 0.2) is 0 Å². The van der Waals surface area contributed by atoms with Crippen LogP contribution in [0.5, 0.6) is 0 Å². The molecule has 1 aromatic rings. The molecule has 2 rings (SSSR count). The number of aryl methyl sites for hydroxylation is 1. The van der Waals surface area contributed by atoms with Crippen molar-refractivity contribution >= 4 is 0 Å². The van der Waals surface area contributed by atoms with Gasteiger partial charge >= 0.3 is 0 Å². The molecule has 0 saturated carbocycles. The van der Waals surface area contributed by atoms with E-state index in [4.69, 9.17) is 0 Å². The van der Waals surface area contributed by atoms with Crippen LogP contribution in [-0.4, -0.2) is 22.4 Å². The summed E-state index contributed by atoms with van der Waals surface area (Å²) < 4.78 is 2.01. The van der Waals surface area contributed by atoms with E-state index in [0.717, 1.165) is 12.5 Å². The fourth-order valence-electron chi connectivity index (χ4n) is 2.25. The van der Waals surface area contributed by atoms with Crippen LogP contribution in [0, 0.1) is 5.92 Å². The van der Waals surface area contributed by atoms with E-state index >= 15 is 0 Å². The highest BCUT2D eigenvalue weighted by Gasteiger charge is 2.18. The minimum absolute atomic E-state index is 0.708. The van der Waals surface area contributed by atoms with Crippen molar-refractivity contribution in [3.8, 4) is 0 Å². The molecule has 0 aliphatic carbocycles. The van der Waals surface area contributed by atoms with Gasteiger partial charge in [-0.3, -0.25) is 4.68 Å². The van der Waals surface area contributed by atoms with Gasteiger partial charge in [-0.25, -0.2) is 0 Å². The highest BCUT2D eigenvalue weighted by Crippen LogP contribution is 2.18. The monoisotopic (exact) mass is 207 g/mol. The Morgan fingerprint density at radius 1 is 1.53 bits per heavy atom. The summed E-state index contributed by atoms with van der Waals surface area (Å²) in [6.45, 7) is 6.53. The van der Waals surface area contributed by atoms with E-state index in [1.54, 1.807) is 0 Å². The summed E-state index contributed by atoms with van der Waals surface area (Å²) in [5, 5.41) is 7.86. The zero-order chi connectivity index (χ0) is 10.7. The van der Waals surface area contributed by atoms with Crippen molar-refractivity contribution in [1.29, 1.82) is 0 Å². The highest BCUT2D eigenvalue weighted by atomic mass is 15.3. The Labute approximate surface area is 91.9 Å². The minimum atomic E-state index is 0.708. The summed E-state index contributed by atoms with van der Waals surface area (Å²) in [5.41, 5.74) is 1.39. The van der Waals surface area contributed by atoms with Crippen LogP contribution in [0.15, 0.2) is 12.4 Å². The first kappa shape index (κ1) is 10.7. The maximum absolute atomic E-state index is 4.31. The molecule has 1 aliphatic rings. The molecular formula is C12H21N3. The second-order valence-electron chi connectivity index (χ2n) is 4.66. The first-order valence-corrected chi connectivity index (χ1v) is 6.02. The fourth-order valence-corrected chi connectivity index (χ4v) is 2.25. The van der Waals surface area contributed by atoms with E-state index in [9.17, 15) is 0 Å². The zero-order valence-electron chi connectivity index (χ0n) is 9.74. The standard InChI is InChI=1S/C12H21N3/c1-3-15-9-12(8-14-15)6-11-5-4-10(2)13-7-11/h8-11,13H,3-7H2,1-2H3. The Morgan fingerprint density at radius 3 is 3.00 bits per heavy atom. The third-order valence-corrected chi connectivity index (χ3v) is 3.30. The van der Waals surface area contributed by atoms with Gasteiger partial charge < -0.3 is 5.32 Å². The van der Waals surface area contributed by atoms with Gasteiger partial charge in [-0.1, -0.05) is 0 Å². The smallest absolute Gasteiger partial charge is 0.0521 e. The average Bonchev–Trinajstić information content (AvgIpc) is 2.69. The fraction of sp³-hybridized carbons (Fsp3) is 0.750. The first-order chi connectivity index (χ1) is 7.28. The first-order valence-electron chi connectivity index (χ1n) is 6.02. The molecule has 2 unspecified atom stereocenters. The van der Waals surface area contributed by atoms with Gasteiger partial charge in [-0.05, 0) is 51.1 Å². The van der Waals surface area contributed by atoms with E-state index in [2.05, 4.69) is 30.5 Å². The Hall–Kier alpha value is -0.830. The summed E-state index contributed by atoms with van der Waals surface area (Å²) in [6.07, 6.45) is 8.04. The van der Waals surface area contributed by atoms with Crippen LogP contribution in [0.3, 0.4) is 0 Å². The molecule has 1 aromatic heterocycles. The lowest BCUT2D eigenvalue weighted by molar-refractivity contribution is 0.322. The molecule has 1 aliphatic heterocycles. The van der Waals surface area contributed by atoms with Gasteiger partial charge in [-0.2, -0.15) is 5.10 Å². The molecule has 15 heavy (non-hydrogen) atoms. The van der Waals surface area contributed by atoms with E-state index < -0.39 is 0 Å². The summed E-state index contributed by atoms with van der Waals surface area (Å²) >= 11 is 0. The van der Waals surface area contributed by atoms with Gasteiger partial charge in [-0.15, -0.1) is 0 Å². The van der Waals surface area contributed by atoms with Crippen LogP contribution >= 0.6 is 0 Å². The average molecular weight is 207 g/mol. The van der Waals surface area contributed by atoms with E-state index in [1.807, 2.05) is 10.9 Å². The largest absolute Gasteiger partial charge is 0.314 e. The number of nitrogens with one attached hydrogen (secondary N) is 1. The molecule has 3 heteroatoms. The number of piperidine rings is 1. The Bertz CT molecular complexity index is 298. The summed E-state index contributed by atoms with van der Waals surface area (Å²) in [7, 11) is 0. The lowest BCUT2D eigenvalue weighted by atomic mass is 9.91. The SMILES string of the molecule is CCn1cc(CC2CCC(C)NC2)cn1. The van der Waals surface area contributed by atoms with Crippen LogP contribution in [0.2, 0.25) is 0 Å². The van der Waals surface area contributed by atoms with Crippen LogP contribution in [-0.2, 0) is 13.0 Å². The van der Waals surface area contributed by atoms with Crippen molar-refractivity contribution in [3.63, 3.8) is 0 Å².